The number of aromatic nitrogens is 1. The van der Waals surface area contributed by atoms with Gasteiger partial charge < -0.3 is 5.73 Å². The second-order valence-corrected chi connectivity index (χ2v) is 6.03. The number of pyridine rings is 1. The van der Waals surface area contributed by atoms with Gasteiger partial charge in [-0.3, -0.25) is 0 Å². The van der Waals surface area contributed by atoms with Gasteiger partial charge in [0.2, 0.25) is 0 Å². The quantitative estimate of drug-likeness (QED) is 0.450. The SMILES string of the molecule is NC(=O)N(c1ccc(CC(=O)O[N+]2(O)C(=O)CCC2=O)cc1)c1ccccn1. The Morgan fingerprint density at radius 2 is 1.75 bits per heavy atom. The molecular weight excluding hydrogens is 368 g/mol. The van der Waals surface area contributed by atoms with Gasteiger partial charge in [0.1, 0.15) is 10.6 Å². The van der Waals surface area contributed by atoms with Crippen LogP contribution in [0.3, 0.4) is 0 Å². The van der Waals surface area contributed by atoms with E-state index in [1.54, 1.807) is 42.5 Å². The lowest BCUT2D eigenvalue weighted by Crippen LogP contribution is -2.50. The molecule has 2 heterocycles. The minimum Gasteiger partial charge on any atom is -0.351 e. The van der Waals surface area contributed by atoms with Crippen molar-refractivity contribution in [1.82, 2.24) is 4.98 Å². The van der Waals surface area contributed by atoms with Crippen LogP contribution in [0, 0.1) is 0 Å². The van der Waals surface area contributed by atoms with Gasteiger partial charge in [-0.25, -0.2) is 33.9 Å². The molecule has 0 radical (unpaired) electrons. The molecular formula is C18H17N4O6+. The van der Waals surface area contributed by atoms with E-state index in [-0.39, 0.29) is 19.3 Å². The number of benzene rings is 1. The molecule has 3 N–H and O–H groups in total. The summed E-state index contributed by atoms with van der Waals surface area (Å²) < 4.78 is 0. The van der Waals surface area contributed by atoms with Crippen LogP contribution in [0.15, 0.2) is 48.7 Å². The molecule has 0 unspecified atom stereocenters. The number of nitrogens with zero attached hydrogens (tertiary/aromatic N) is 3. The third kappa shape index (κ3) is 3.72. The van der Waals surface area contributed by atoms with Gasteiger partial charge in [0, 0.05) is 6.20 Å². The Labute approximate surface area is 159 Å². The molecule has 1 aliphatic rings. The number of carbonyl (C=O) groups excluding carboxylic acids is 4. The summed E-state index contributed by atoms with van der Waals surface area (Å²) in [7, 11) is 0. The number of hydrogen-bond donors (Lipinski definition) is 2. The summed E-state index contributed by atoms with van der Waals surface area (Å²) in [6.45, 7) is 0. The van der Waals surface area contributed by atoms with Crippen LogP contribution in [0.2, 0.25) is 0 Å². The Bertz CT molecular complexity index is 913. The largest absolute Gasteiger partial charge is 0.397 e. The molecule has 1 aromatic heterocycles. The van der Waals surface area contributed by atoms with E-state index in [0.717, 1.165) is 0 Å². The summed E-state index contributed by atoms with van der Waals surface area (Å²) in [6.07, 6.45) is 0.855. The van der Waals surface area contributed by atoms with Gasteiger partial charge in [-0.2, -0.15) is 5.21 Å². The highest BCUT2D eigenvalue weighted by Crippen LogP contribution is 2.24. The normalized spacial score (nSPS) is 15.3. The maximum absolute atomic E-state index is 12.0. The fourth-order valence-corrected chi connectivity index (χ4v) is 2.73. The van der Waals surface area contributed by atoms with Crippen molar-refractivity contribution in [2.75, 3.05) is 4.90 Å². The van der Waals surface area contributed by atoms with E-state index >= 15 is 0 Å². The third-order valence-corrected chi connectivity index (χ3v) is 4.10. The van der Waals surface area contributed by atoms with Crippen molar-refractivity contribution in [1.29, 1.82) is 0 Å². The molecule has 1 aliphatic heterocycles. The molecule has 10 nitrogen and oxygen atoms in total. The van der Waals surface area contributed by atoms with E-state index < -0.39 is 28.6 Å². The molecule has 0 aliphatic carbocycles. The molecule has 2 aromatic rings. The fourth-order valence-electron chi connectivity index (χ4n) is 2.73. The minimum absolute atomic E-state index is 0.187. The minimum atomic E-state index is -1.95. The van der Waals surface area contributed by atoms with Gasteiger partial charge in [-0.05, 0) is 29.8 Å². The molecule has 144 valence electrons. The molecule has 10 heteroatoms. The highest BCUT2D eigenvalue weighted by molar-refractivity contribution is 5.97. The Hall–Kier alpha value is -3.63. The number of urea groups is 1. The molecule has 1 aromatic carbocycles. The van der Waals surface area contributed by atoms with Crippen LogP contribution in [-0.2, 0) is 25.6 Å². The summed E-state index contributed by atoms with van der Waals surface area (Å²) in [5, 5.41) is 9.91. The van der Waals surface area contributed by atoms with Crippen molar-refractivity contribution in [3.63, 3.8) is 0 Å². The van der Waals surface area contributed by atoms with Crippen LogP contribution in [0.1, 0.15) is 18.4 Å². The average molecular weight is 385 g/mol. The Morgan fingerprint density at radius 3 is 2.29 bits per heavy atom. The number of hydroxylamine groups is 4. The summed E-state index contributed by atoms with van der Waals surface area (Å²) in [5.74, 6) is -2.39. The molecule has 0 saturated carbocycles. The Balaban J connectivity index is 1.72. The van der Waals surface area contributed by atoms with Gasteiger partial charge >= 0.3 is 23.8 Å². The molecule has 1 fully saturated rings. The first-order chi connectivity index (χ1) is 13.3. The molecule has 4 amide bonds. The standard InChI is InChI=1S/C18H16N4O6/c19-18(26)21(14-3-1-2-10-20-14)13-6-4-12(5-7-13)11-17(25)28-22(27)15(23)8-9-16(22)24/h1-7,10,27H,8-9,11H2,(H-,19,26)/p+1. The van der Waals surface area contributed by atoms with Gasteiger partial charge in [-0.1, -0.05) is 18.2 Å². The highest BCUT2D eigenvalue weighted by Gasteiger charge is 2.55. The van der Waals surface area contributed by atoms with Crippen molar-refractivity contribution in [2.24, 2.45) is 5.73 Å². The zero-order valence-corrected chi connectivity index (χ0v) is 14.6. The molecule has 0 bridgehead atoms. The summed E-state index contributed by atoms with van der Waals surface area (Å²) in [5.41, 5.74) is 6.34. The number of rotatable bonds is 5. The maximum Gasteiger partial charge on any atom is 0.397 e. The van der Waals surface area contributed by atoms with Crippen LogP contribution in [0.5, 0.6) is 0 Å². The number of hydrogen-bond acceptors (Lipinski definition) is 7. The van der Waals surface area contributed by atoms with E-state index in [9.17, 15) is 24.4 Å². The number of imide groups is 1. The predicted molar refractivity (Wildman–Crippen MR) is 93.5 cm³/mol. The van der Waals surface area contributed by atoms with E-state index in [1.807, 2.05) is 0 Å². The lowest BCUT2D eigenvalue weighted by molar-refractivity contribution is -1.12. The molecule has 3 rings (SSSR count). The first-order valence-electron chi connectivity index (χ1n) is 8.32. The molecule has 1 saturated heterocycles. The monoisotopic (exact) mass is 385 g/mol. The number of nitrogens with two attached hydrogens (primary N) is 1. The van der Waals surface area contributed by atoms with Crippen molar-refractivity contribution in [2.45, 2.75) is 19.3 Å². The van der Waals surface area contributed by atoms with Crippen LogP contribution in [0.25, 0.3) is 0 Å². The van der Waals surface area contributed by atoms with Gasteiger partial charge in [0.15, 0.2) is 0 Å². The van der Waals surface area contributed by atoms with Gasteiger partial charge in [-0.15, -0.1) is 0 Å². The summed E-state index contributed by atoms with van der Waals surface area (Å²) in [4.78, 5) is 55.0. The second kappa shape index (κ2) is 7.55. The van der Waals surface area contributed by atoms with Crippen molar-refractivity contribution >= 4 is 35.3 Å². The lowest BCUT2D eigenvalue weighted by Gasteiger charge is -2.19. The van der Waals surface area contributed by atoms with E-state index in [4.69, 9.17) is 5.73 Å². The van der Waals surface area contributed by atoms with Crippen LogP contribution >= 0.6 is 0 Å². The Kier molecular flexibility index (Phi) is 5.16. The van der Waals surface area contributed by atoms with Crippen LogP contribution in [0.4, 0.5) is 16.3 Å². The zero-order valence-electron chi connectivity index (χ0n) is 14.6. The van der Waals surface area contributed by atoms with E-state index in [2.05, 4.69) is 9.82 Å². The fraction of sp³-hybridized carbons (Fsp3) is 0.167. The van der Waals surface area contributed by atoms with E-state index in [1.165, 1.54) is 11.1 Å². The van der Waals surface area contributed by atoms with Crippen molar-refractivity contribution in [3.8, 4) is 0 Å². The first kappa shape index (κ1) is 19.1. The molecule has 0 atom stereocenters. The molecule has 28 heavy (non-hydrogen) atoms. The topological polar surface area (TPSA) is 140 Å². The molecule has 0 spiro atoms. The van der Waals surface area contributed by atoms with Gasteiger partial charge in [0.05, 0.1) is 24.9 Å². The van der Waals surface area contributed by atoms with Crippen molar-refractivity contribution < 1.29 is 34.0 Å². The van der Waals surface area contributed by atoms with E-state index in [0.29, 0.717) is 17.1 Å². The van der Waals surface area contributed by atoms with Crippen molar-refractivity contribution in [3.05, 3.63) is 54.2 Å². The zero-order chi connectivity index (χ0) is 20.3. The third-order valence-electron chi connectivity index (χ3n) is 4.10. The first-order valence-corrected chi connectivity index (χ1v) is 8.32. The summed E-state index contributed by atoms with van der Waals surface area (Å²) in [6, 6.07) is 10.5. The second-order valence-electron chi connectivity index (χ2n) is 6.03. The van der Waals surface area contributed by atoms with Gasteiger partial charge in [0.25, 0.3) is 0 Å². The number of amides is 4. The summed E-state index contributed by atoms with van der Waals surface area (Å²) >= 11 is 0. The smallest absolute Gasteiger partial charge is 0.351 e. The number of anilines is 2. The predicted octanol–water partition coefficient (Wildman–Crippen LogP) is 1.35. The maximum atomic E-state index is 12.0. The van der Waals surface area contributed by atoms with Crippen LogP contribution < -0.4 is 10.6 Å². The lowest BCUT2D eigenvalue weighted by atomic mass is 10.1. The number of quaternary nitrogens is 1. The Morgan fingerprint density at radius 1 is 1.11 bits per heavy atom. The highest BCUT2D eigenvalue weighted by atomic mass is 17.0. The number of primary amides is 1. The average Bonchev–Trinajstić information content (AvgIpc) is 2.91. The van der Waals surface area contributed by atoms with Crippen LogP contribution in [-0.4, -0.2) is 38.8 Å². The number of carbonyl (C=O) groups is 4.